The molecular formula is C22H23F5. The Morgan fingerprint density at radius 3 is 2.30 bits per heavy atom. The quantitative estimate of drug-likeness (QED) is 0.386. The Morgan fingerprint density at radius 1 is 1.07 bits per heavy atom. The van der Waals surface area contributed by atoms with E-state index in [0.29, 0.717) is 23.5 Å². The summed E-state index contributed by atoms with van der Waals surface area (Å²) in [6.07, 6.45) is 3.76. The molecule has 2 aliphatic carbocycles. The molecule has 3 rings (SSSR count). The Morgan fingerprint density at radius 2 is 1.70 bits per heavy atom. The highest BCUT2D eigenvalue weighted by Crippen LogP contribution is 2.50. The van der Waals surface area contributed by atoms with E-state index >= 15 is 0 Å². The molecule has 0 bridgehead atoms. The van der Waals surface area contributed by atoms with Gasteiger partial charge in [-0.2, -0.15) is 13.2 Å². The van der Waals surface area contributed by atoms with Crippen molar-refractivity contribution < 1.29 is 22.0 Å². The van der Waals surface area contributed by atoms with Gasteiger partial charge in [-0.3, -0.25) is 0 Å². The molecule has 0 heterocycles. The van der Waals surface area contributed by atoms with Gasteiger partial charge in [0.05, 0.1) is 0 Å². The van der Waals surface area contributed by atoms with Gasteiger partial charge in [-0.05, 0) is 74.1 Å². The first-order valence-electron chi connectivity index (χ1n) is 9.36. The Kier molecular flexibility index (Phi) is 5.87. The largest absolute Gasteiger partial charge is 0.412 e. The molecule has 0 saturated heterocycles. The molecule has 0 aromatic heterocycles. The normalized spacial score (nSPS) is 24.0. The van der Waals surface area contributed by atoms with Crippen molar-refractivity contribution in [3.05, 3.63) is 70.3 Å². The van der Waals surface area contributed by atoms with E-state index in [1.807, 2.05) is 0 Å². The molecule has 2 aliphatic rings. The molecule has 0 amide bonds. The second kappa shape index (κ2) is 7.99. The van der Waals surface area contributed by atoms with E-state index in [1.54, 1.807) is 25.2 Å². The minimum absolute atomic E-state index is 0.00344. The van der Waals surface area contributed by atoms with E-state index in [0.717, 1.165) is 19.3 Å². The molecule has 1 fully saturated rings. The summed E-state index contributed by atoms with van der Waals surface area (Å²) in [5.41, 5.74) is 0.344. The number of rotatable bonds is 4. The number of hydrogen-bond donors (Lipinski definition) is 0. The fraction of sp³-hybridized carbons (Fsp3) is 0.455. The standard InChI is InChI=1S/C22H23F5/c1-2-14(6-4-9-17-20(23)10-5-11-21(17)24)18-12-15-7-3-8-16(15)13-19(18)22(25,26)27/h2,4-6,10-11,15-16H,3,7-9,12-13H2,1H3/b6-4-,14-2+. The third kappa shape index (κ3) is 4.33. The van der Waals surface area contributed by atoms with Crippen molar-refractivity contribution >= 4 is 0 Å². The highest BCUT2D eigenvalue weighted by Gasteiger charge is 2.43. The second-order valence-corrected chi connectivity index (χ2v) is 7.36. The topological polar surface area (TPSA) is 0 Å². The lowest BCUT2D eigenvalue weighted by atomic mass is 9.75. The third-order valence-corrected chi connectivity index (χ3v) is 5.80. The zero-order chi connectivity index (χ0) is 19.6. The molecule has 2 atom stereocenters. The minimum atomic E-state index is -4.34. The molecule has 0 nitrogen and oxygen atoms in total. The second-order valence-electron chi connectivity index (χ2n) is 7.36. The van der Waals surface area contributed by atoms with E-state index < -0.39 is 23.4 Å². The first-order valence-corrected chi connectivity index (χ1v) is 9.36. The molecule has 0 aliphatic heterocycles. The molecular weight excluding hydrogens is 359 g/mol. The average molecular weight is 382 g/mol. The molecule has 1 aromatic carbocycles. The van der Waals surface area contributed by atoms with Gasteiger partial charge in [-0.25, -0.2) is 8.78 Å². The molecule has 5 heteroatoms. The van der Waals surface area contributed by atoms with Gasteiger partial charge < -0.3 is 0 Å². The Labute approximate surface area is 156 Å². The van der Waals surface area contributed by atoms with Crippen LogP contribution in [0.25, 0.3) is 0 Å². The number of alkyl halides is 3. The number of benzene rings is 1. The van der Waals surface area contributed by atoms with Gasteiger partial charge in [0.1, 0.15) is 11.6 Å². The van der Waals surface area contributed by atoms with E-state index in [1.165, 1.54) is 18.2 Å². The van der Waals surface area contributed by atoms with Gasteiger partial charge in [0.25, 0.3) is 0 Å². The predicted molar refractivity (Wildman–Crippen MR) is 96.1 cm³/mol. The third-order valence-electron chi connectivity index (χ3n) is 5.80. The minimum Gasteiger partial charge on any atom is -0.207 e. The van der Waals surface area contributed by atoms with E-state index in [4.69, 9.17) is 0 Å². The summed E-state index contributed by atoms with van der Waals surface area (Å²) in [4.78, 5) is 0. The van der Waals surface area contributed by atoms with Crippen LogP contribution in [0.15, 0.2) is 53.1 Å². The highest BCUT2D eigenvalue weighted by atomic mass is 19.4. The van der Waals surface area contributed by atoms with Gasteiger partial charge in [-0.15, -0.1) is 0 Å². The van der Waals surface area contributed by atoms with Crippen LogP contribution < -0.4 is 0 Å². The molecule has 27 heavy (non-hydrogen) atoms. The van der Waals surface area contributed by atoms with Crippen molar-refractivity contribution in [1.29, 1.82) is 0 Å². The van der Waals surface area contributed by atoms with Crippen LogP contribution in [0, 0.1) is 23.5 Å². The summed E-state index contributed by atoms with van der Waals surface area (Å²) >= 11 is 0. The fourth-order valence-electron chi connectivity index (χ4n) is 4.40. The van der Waals surface area contributed by atoms with Crippen LogP contribution in [0.4, 0.5) is 22.0 Å². The van der Waals surface area contributed by atoms with Crippen molar-refractivity contribution in [3.63, 3.8) is 0 Å². The van der Waals surface area contributed by atoms with E-state index in [9.17, 15) is 22.0 Å². The van der Waals surface area contributed by atoms with E-state index in [-0.39, 0.29) is 24.3 Å². The number of hydrogen-bond acceptors (Lipinski definition) is 0. The monoisotopic (exact) mass is 382 g/mol. The summed E-state index contributed by atoms with van der Waals surface area (Å²) in [5, 5.41) is 0. The van der Waals surface area contributed by atoms with Gasteiger partial charge in [-0.1, -0.05) is 30.7 Å². The number of halogens is 5. The van der Waals surface area contributed by atoms with E-state index in [2.05, 4.69) is 0 Å². The van der Waals surface area contributed by atoms with Gasteiger partial charge in [0.2, 0.25) is 0 Å². The Hall–Kier alpha value is -1.91. The zero-order valence-corrected chi connectivity index (χ0v) is 15.3. The van der Waals surface area contributed by atoms with Crippen LogP contribution in [0.1, 0.15) is 44.6 Å². The molecule has 146 valence electrons. The maximum absolute atomic E-state index is 13.7. The molecule has 0 radical (unpaired) electrons. The SMILES string of the molecule is C/C=C(\C=C/Cc1c(F)cccc1F)C1=C(C(F)(F)F)CC2CCCC2C1. The van der Waals surface area contributed by atoms with Gasteiger partial charge >= 0.3 is 6.18 Å². The maximum atomic E-state index is 13.7. The first-order chi connectivity index (χ1) is 12.8. The van der Waals surface area contributed by atoms with Gasteiger partial charge in [0.15, 0.2) is 0 Å². The van der Waals surface area contributed by atoms with Crippen molar-refractivity contribution in [2.75, 3.05) is 0 Å². The average Bonchev–Trinajstić information content (AvgIpc) is 3.06. The van der Waals surface area contributed by atoms with Gasteiger partial charge in [0, 0.05) is 11.1 Å². The first kappa shape index (κ1) is 19.8. The van der Waals surface area contributed by atoms with Crippen LogP contribution in [-0.2, 0) is 6.42 Å². The molecule has 2 unspecified atom stereocenters. The molecule has 1 saturated carbocycles. The smallest absolute Gasteiger partial charge is 0.207 e. The van der Waals surface area contributed by atoms with Crippen molar-refractivity contribution in [3.8, 4) is 0 Å². The lowest BCUT2D eigenvalue weighted by Crippen LogP contribution is -2.25. The summed E-state index contributed by atoms with van der Waals surface area (Å²) in [5.74, 6) is -0.870. The Balaban J connectivity index is 1.86. The fourth-order valence-corrected chi connectivity index (χ4v) is 4.40. The van der Waals surface area contributed by atoms with Crippen molar-refractivity contribution in [1.82, 2.24) is 0 Å². The van der Waals surface area contributed by atoms with Crippen LogP contribution >= 0.6 is 0 Å². The van der Waals surface area contributed by atoms with Crippen molar-refractivity contribution in [2.24, 2.45) is 11.8 Å². The van der Waals surface area contributed by atoms with Crippen LogP contribution in [0.5, 0.6) is 0 Å². The number of fused-ring (bicyclic) bond motifs is 1. The summed E-state index contributed by atoms with van der Waals surface area (Å²) in [6.45, 7) is 1.70. The predicted octanol–water partition coefficient (Wildman–Crippen LogP) is 7.08. The van der Waals surface area contributed by atoms with Crippen LogP contribution in [0.2, 0.25) is 0 Å². The van der Waals surface area contributed by atoms with Crippen LogP contribution in [0.3, 0.4) is 0 Å². The molecule has 0 spiro atoms. The highest BCUT2D eigenvalue weighted by molar-refractivity contribution is 5.46. The number of allylic oxidation sites excluding steroid dienone is 6. The lowest BCUT2D eigenvalue weighted by molar-refractivity contribution is -0.0979. The summed E-state index contributed by atoms with van der Waals surface area (Å²) in [7, 11) is 0. The molecule has 0 N–H and O–H groups in total. The lowest BCUT2D eigenvalue weighted by Gasteiger charge is -2.32. The Bertz CT molecular complexity index is 762. The summed E-state index contributed by atoms with van der Waals surface area (Å²) < 4.78 is 68.3. The summed E-state index contributed by atoms with van der Waals surface area (Å²) in [6, 6.07) is 3.64. The zero-order valence-electron chi connectivity index (χ0n) is 15.3. The van der Waals surface area contributed by atoms with Crippen LogP contribution in [-0.4, -0.2) is 6.18 Å². The van der Waals surface area contributed by atoms with Crippen molar-refractivity contribution in [2.45, 2.75) is 51.6 Å². The molecule has 1 aromatic rings. The maximum Gasteiger partial charge on any atom is 0.412 e.